The number of hydrogen-bond donors (Lipinski definition) is 1. The number of amides is 1. The lowest BCUT2D eigenvalue weighted by atomic mass is 10.2. The maximum absolute atomic E-state index is 11.8. The fourth-order valence-corrected chi connectivity index (χ4v) is 3.10. The molecule has 0 bridgehead atoms. The van der Waals surface area contributed by atoms with E-state index in [1.807, 2.05) is 24.3 Å². The summed E-state index contributed by atoms with van der Waals surface area (Å²) in [6.45, 7) is 1.35. The van der Waals surface area contributed by atoms with E-state index in [1.54, 1.807) is 24.3 Å². The van der Waals surface area contributed by atoms with E-state index in [-0.39, 0.29) is 11.9 Å². The number of nitrogens with zero attached hydrogens (tertiary/aromatic N) is 1. The number of hydrazone groups is 1. The number of benzene rings is 2. The molecule has 0 aliphatic rings. The normalized spacial score (nSPS) is 10.6. The quantitative estimate of drug-likeness (QED) is 0.320. The van der Waals surface area contributed by atoms with Crippen LogP contribution in [0.15, 0.2) is 58.1 Å². The van der Waals surface area contributed by atoms with Gasteiger partial charge < -0.3 is 4.74 Å². The van der Waals surface area contributed by atoms with Gasteiger partial charge in [0.1, 0.15) is 5.75 Å². The van der Waals surface area contributed by atoms with Crippen LogP contribution in [0.3, 0.4) is 0 Å². The van der Waals surface area contributed by atoms with E-state index in [0.717, 1.165) is 21.4 Å². The largest absolute Gasteiger partial charge is 0.427 e. The molecule has 2 rings (SSSR count). The molecule has 0 heterocycles. The van der Waals surface area contributed by atoms with Crippen LogP contribution in [0.1, 0.15) is 18.1 Å². The molecule has 0 radical (unpaired) electrons. The first-order valence-electron chi connectivity index (χ1n) is 7.45. The number of halogens is 1. The minimum absolute atomic E-state index is 0.159. The van der Waals surface area contributed by atoms with Crippen molar-refractivity contribution in [2.75, 3.05) is 5.75 Å². The molecule has 130 valence electrons. The molecule has 2 aromatic rings. The summed E-state index contributed by atoms with van der Waals surface area (Å²) in [5, 5.41) is 3.92. The number of carbonyl (C=O) groups is 2. The van der Waals surface area contributed by atoms with Gasteiger partial charge in [0.25, 0.3) is 0 Å². The molecule has 0 saturated heterocycles. The number of carbonyl (C=O) groups excluding carboxylic acids is 2. The van der Waals surface area contributed by atoms with Gasteiger partial charge in [-0.2, -0.15) is 5.10 Å². The highest BCUT2D eigenvalue weighted by Crippen LogP contribution is 2.16. The molecule has 5 nitrogen and oxygen atoms in total. The van der Waals surface area contributed by atoms with Crippen molar-refractivity contribution in [1.82, 2.24) is 5.43 Å². The van der Waals surface area contributed by atoms with E-state index in [0.29, 0.717) is 11.5 Å². The van der Waals surface area contributed by atoms with Crippen molar-refractivity contribution in [1.29, 1.82) is 0 Å². The molecule has 0 atom stereocenters. The van der Waals surface area contributed by atoms with E-state index in [2.05, 4.69) is 26.5 Å². The van der Waals surface area contributed by atoms with E-state index in [1.165, 1.54) is 24.9 Å². The number of hydrogen-bond acceptors (Lipinski definition) is 5. The first kappa shape index (κ1) is 19.2. The second-order valence-electron chi connectivity index (χ2n) is 5.08. The van der Waals surface area contributed by atoms with Crippen LogP contribution in [0.5, 0.6) is 5.75 Å². The summed E-state index contributed by atoms with van der Waals surface area (Å²) in [4.78, 5) is 22.6. The average Bonchev–Trinajstić information content (AvgIpc) is 2.56. The van der Waals surface area contributed by atoms with Crippen molar-refractivity contribution in [3.05, 3.63) is 64.1 Å². The van der Waals surface area contributed by atoms with Crippen molar-refractivity contribution in [2.24, 2.45) is 5.10 Å². The van der Waals surface area contributed by atoms with Crippen LogP contribution < -0.4 is 10.2 Å². The predicted molar refractivity (Wildman–Crippen MR) is 104 cm³/mol. The zero-order valence-corrected chi connectivity index (χ0v) is 16.0. The number of thioether (sulfide) groups is 1. The Kier molecular flexibility index (Phi) is 7.69. The molecule has 1 N–H and O–H groups in total. The van der Waals surface area contributed by atoms with Crippen LogP contribution in [0.25, 0.3) is 0 Å². The van der Waals surface area contributed by atoms with Crippen molar-refractivity contribution < 1.29 is 14.3 Å². The lowest BCUT2D eigenvalue weighted by Gasteiger charge is -2.02. The highest BCUT2D eigenvalue weighted by Gasteiger charge is 2.01. The van der Waals surface area contributed by atoms with Crippen LogP contribution in [0.2, 0.25) is 0 Å². The lowest BCUT2D eigenvalue weighted by Crippen LogP contribution is -2.19. The number of esters is 1. The van der Waals surface area contributed by atoms with Crippen molar-refractivity contribution in [3.8, 4) is 5.75 Å². The van der Waals surface area contributed by atoms with Crippen LogP contribution in [0.4, 0.5) is 0 Å². The maximum Gasteiger partial charge on any atom is 0.308 e. The zero-order valence-electron chi connectivity index (χ0n) is 13.6. The van der Waals surface area contributed by atoms with Gasteiger partial charge in [-0.3, -0.25) is 9.59 Å². The lowest BCUT2D eigenvalue weighted by molar-refractivity contribution is -0.131. The standard InChI is InChI=1S/C18H17BrN2O3S/c1-13(22)24-17-7-5-14(6-8-17)10-20-21-18(23)12-25-11-15-3-2-4-16(19)9-15/h2-10H,11-12H2,1H3,(H,21,23)/b20-10-. The molecular formula is C18H17BrN2O3S. The van der Waals surface area contributed by atoms with E-state index in [9.17, 15) is 9.59 Å². The van der Waals surface area contributed by atoms with Gasteiger partial charge in [0.2, 0.25) is 5.91 Å². The van der Waals surface area contributed by atoms with Gasteiger partial charge in [-0.05, 0) is 47.5 Å². The molecule has 0 spiro atoms. The maximum atomic E-state index is 11.8. The third kappa shape index (κ3) is 7.53. The minimum atomic E-state index is -0.367. The fourth-order valence-electron chi connectivity index (χ4n) is 1.89. The van der Waals surface area contributed by atoms with E-state index >= 15 is 0 Å². The third-order valence-electron chi connectivity index (χ3n) is 2.94. The second kappa shape index (κ2) is 10.0. The van der Waals surface area contributed by atoms with Crippen LogP contribution in [-0.4, -0.2) is 23.8 Å². The SMILES string of the molecule is CC(=O)Oc1ccc(/C=N\NC(=O)CSCc2cccc(Br)c2)cc1. The van der Waals surface area contributed by atoms with E-state index < -0.39 is 0 Å². The highest BCUT2D eigenvalue weighted by atomic mass is 79.9. The summed E-state index contributed by atoms with van der Waals surface area (Å²) in [6.07, 6.45) is 1.54. The number of nitrogens with one attached hydrogen (secondary N) is 1. The molecule has 0 unspecified atom stereocenters. The minimum Gasteiger partial charge on any atom is -0.427 e. The van der Waals surface area contributed by atoms with Gasteiger partial charge in [-0.25, -0.2) is 5.43 Å². The van der Waals surface area contributed by atoms with Crippen LogP contribution in [-0.2, 0) is 15.3 Å². The summed E-state index contributed by atoms with van der Waals surface area (Å²) >= 11 is 4.94. The van der Waals surface area contributed by atoms with Crippen molar-refractivity contribution in [2.45, 2.75) is 12.7 Å². The third-order valence-corrected chi connectivity index (χ3v) is 4.43. The van der Waals surface area contributed by atoms with Gasteiger partial charge in [0, 0.05) is 17.1 Å². The zero-order chi connectivity index (χ0) is 18.1. The Labute approximate surface area is 159 Å². The Bertz CT molecular complexity index is 763. The molecule has 7 heteroatoms. The molecule has 0 aromatic heterocycles. The van der Waals surface area contributed by atoms with Gasteiger partial charge in [0.15, 0.2) is 0 Å². The van der Waals surface area contributed by atoms with Gasteiger partial charge in [0.05, 0.1) is 12.0 Å². The van der Waals surface area contributed by atoms with E-state index in [4.69, 9.17) is 4.74 Å². The van der Waals surface area contributed by atoms with Gasteiger partial charge >= 0.3 is 5.97 Å². The predicted octanol–water partition coefficient (Wildman–Crippen LogP) is 3.76. The molecule has 0 aliphatic heterocycles. The molecule has 0 fully saturated rings. The molecule has 0 aliphatic carbocycles. The number of rotatable bonds is 7. The molecule has 1 amide bonds. The number of ether oxygens (including phenoxy) is 1. The van der Waals surface area contributed by atoms with Gasteiger partial charge in [-0.15, -0.1) is 11.8 Å². The Morgan fingerprint density at radius 2 is 2.00 bits per heavy atom. The summed E-state index contributed by atoms with van der Waals surface area (Å²) in [6, 6.07) is 14.8. The monoisotopic (exact) mass is 420 g/mol. The first-order valence-corrected chi connectivity index (χ1v) is 9.40. The first-order chi connectivity index (χ1) is 12.0. The summed E-state index contributed by atoms with van der Waals surface area (Å²) < 4.78 is 5.97. The average molecular weight is 421 g/mol. The van der Waals surface area contributed by atoms with Crippen molar-refractivity contribution in [3.63, 3.8) is 0 Å². The Balaban J connectivity index is 1.72. The van der Waals surface area contributed by atoms with Crippen molar-refractivity contribution >= 4 is 45.8 Å². The van der Waals surface area contributed by atoms with Gasteiger partial charge in [-0.1, -0.05) is 28.1 Å². The summed E-state index contributed by atoms with van der Waals surface area (Å²) in [5.74, 6) is 1.03. The topological polar surface area (TPSA) is 67.8 Å². The smallest absolute Gasteiger partial charge is 0.308 e. The highest BCUT2D eigenvalue weighted by molar-refractivity contribution is 9.10. The van der Waals surface area contributed by atoms with Crippen LogP contribution in [0, 0.1) is 0 Å². The Morgan fingerprint density at radius 1 is 1.24 bits per heavy atom. The summed E-state index contributed by atoms with van der Waals surface area (Å²) in [5.41, 5.74) is 4.44. The summed E-state index contributed by atoms with van der Waals surface area (Å²) in [7, 11) is 0. The van der Waals surface area contributed by atoms with Crippen LogP contribution >= 0.6 is 27.7 Å². The molecule has 0 saturated carbocycles. The molecular weight excluding hydrogens is 404 g/mol. The fraction of sp³-hybridized carbons (Fsp3) is 0.167. The Morgan fingerprint density at radius 3 is 2.68 bits per heavy atom. The molecule has 2 aromatic carbocycles. The Hall–Kier alpha value is -2.12. The molecule has 25 heavy (non-hydrogen) atoms. The second-order valence-corrected chi connectivity index (χ2v) is 6.98.